The van der Waals surface area contributed by atoms with Gasteiger partial charge in [0.05, 0.1) is 12.2 Å². The molecule has 0 bridgehead atoms. The van der Waals surface area contributed by atoms with E-state index in [-0.39, 0.29) is 5.91 Å². The molecule has 164 valence electrons. The van der Waals surface area contributed by atoms with Crippen molar-refractivity contribution in [1.29, 1.82) is 0 Å². The van der Waals surface area contributed by atoms with Crippen LogP contribution in [0.1, 0.15) is 34.5 Å². The molecule has 2 aliphatic rings. The molecular formula is C28H26N4O. The van der Waals surface area contributed by atoms with E-state index < -0.39 is 0 Å². The van der Waals surface area contributed by atoms with E-state index in [2.05, 4.69) is 29.2 Å². The number of aromatic nitrogens is 2. The molecule has 3 aromatic carbocycles. The van der Waals surface area contributed by atoms with Gasteiger partial charge in [-0.2, -0.15) is 0 Å². The van der Waals surface area contributed by atoms with Crippen LogP contribution in [0.25, 0.3) is 22.2 Å². The molecule has 33 heavy (non-hydrogen) atoms. The third-order valence-corrected chi connectivity index (χ3v) is 6.76. The van der Waals surface area contributed by atoms with Gasteiger partial charge in [0, 0.05) is 42.7 Å². The van der Waals surface area contributed by atoms with Crippen LogP contribution in [0.3, 0.4) is 0 Å². The molecule has 0 N–H and O–H groups in total. The zero-order valence-electron chi connectivity index (χ0n) is 18.6. The number of carbonyl (C=O) groups excluding carboxylic acids is 1. The summed E-state index contributed by atoms with van der Waals surface area (Å²) in [5, 5.41) is 2.24. The zero-order valence-corrected chi connectivity index (χ0v) is 18.6. The normalized spacial score (nSPS) is 15.6. The second-order valence-electron chi connectivity index (χ2n) is 8.89. The summed E-state index contributed by atoms with van der Waals surface area (Å²) >= 11 is 0. The van der Waals surface area contributed by atoms with Gasteiger partial charge in [0.15, 0.2) is 5.82 Å². The van der Waals surface area contributed by atoms with E-state index >= 15 is 0 Å². The Balaban J connectivity index is 1.36. The third kappa shape index (κ3) is 3.74. The van der Waals surface area contributed by atoms with Crippen LogP contribution in [0.4, 0.5) is 5.82 Å². The highest BCUT2D eigenvalue weighted by molar-refractivity contribution is 5.98. The molecule has 0 spiro atoms. The monoisotopic (exact) mass is 434 g/mol. The van der Waals surface area contributed by atoms with Crippen molar-refractivity contribution in [3.63, 3.8) is 0 Å². The molecule has 0 atom stereocenters. The van der Waals surface area contributed by atoms with E-state index in [9.17, 15) is 4.79 Å². The fourth-order valence-electron chi connectivity index (χ4n) is 4.98. The molecule has 1 amide bonds. The van der Waals surface area contributed by atoms with Gasteiger partial charge in [-0.1, -0.05) is 60.7 Å². The van der Waals surface area contributed by atoms with Crippen molar-refractivity contribution in [3.8, 4) is 11.4 Å². The maximum Gasteiger partial charge on any atom is 0.254 e. The number of fused-ring (bicyclic) bond motifs is 2. The molecule has 0 aliphatic carbocycles. The lowest BCUT2D eigenvalue weighted by molar-refractivity contribution is 0.0734. The molecule has 5 heteroatoms. The van der Waals surface area contributed by atoms with E-state index in [1.54, 1.807) is 0 Å². The van der Waals surface area contributed by atoms with Crippen molar-refractivity contribution in [2.24, 2.45) is 0 Å². The Bertz CT molecular complexity index is 1330. The van der Waals surface area contributed by atoms with Crippen LogP contribution < -0.4 is 4.90 Å². The first-order chi connectivity index (χ1) is 16.3. The third-order valence-electron chi connectivity index (χ3n) is 6.76. The highest BCUT2D eigenvalue weighted by Gasteiger charge is 2.29. The standard InChI is InChI=1S/C28H26N4O/c33-28(23-13-12-20-8-4-5-11-22(20)18-23)32-17-14-25-24(19-32)27(31-15-6-7-16-31)30-26(29-25)21-9-2-1-3-10-21/h1-5,8-13,18H,6-7,14-17,19H2. The number of anilines is 1. The summed E-state index contributed by atoms with van der Waals surface area (Å²) in [6.45, 7) is 3.25. The lowest BCUT2D eigenvalue weighted by atomic mass is 10.0. The molecule has 0 saturated carbocycles. The second-order valence-corrected chi connectivity index (χ2v) is 8.89. The number of hydrogen-bond acceptors (Lipinski definition) is 4. The minimum atomic E-state index is 0.0749. The van der Waals surface area contributed by atoms with Crippen LogP contribution in [0.2, 0.25) is 0 Å². The highest BCUT2D eigenvalue weighted by Crippen LogP contribution is 2.32. The number of nitrogens with zero attached hydrogens (tertiary/aromatic N) is 4. The predicted molar refractivity (Wildman–Crippen MR) is 131 cm³/mol. The van der Waals surface area contributed by atoms with Gasteiger partial charge in [-0.25, -0.2) is 9.97 Å². The summed E-state index contributed by atoms with van der Waals surface area (Å²) < 4.78 is 0. The molecule has 3 heterocycles. The van der Waals surface area contributed by atoms with E-state index in [0.29, 0.717) is 13.1 Å². The van der Waals surface area contributed by atoms with Crippen LogP contribution in [0.5, 0.6) is 0 Å². The van der Waals surface area contributed by atoms with Crippen molar-refractivity contribution in [2.45, 2.75) is 25.8 Å². The predicted octanol–water partition coefficient (Wildman–Crippen LogP) is 5.10. The summed E-state index contributed by atoms with van der Waals surface area (Å²) in [5.41, 5.74) is 3.96. The van der Waals surface area contributed by atoms with Gasteiger partial charge >= 0.3 is 0 Å². The SMILES string of the molecule is O=C(c1ccc2ccccc2c1)N1CCc2nc(-c3ccccc3)nc(N3CCCC3)c2C1. The van der Waals surface area contributed by atoms with Crippen molar-refractivity contribution in [1.82, 2.24) is 14.9 Å². The number of rotatable bonds is 3. The quantitative estimate of drug-likeness (QED) is 0.450. The minimum Gasteiger partial charge on any atom is -0.356 e. The van der Waals surface area contributed by atoms with Gasteiger partial charge in [0.25, 0.3) is 5.91 Å². The Morgan fingerprint density at radius 3 is 2.36 bits per heavy atom. The van der Waals surface area contributed by atoms with Crippen molar-refractivity contribution in [2.75, 3.05) is 24.5 Å². The Hall–Kier alpha value is -3.73. The summed E-state index contributed by atoms with van der Waals surface area (Å²) in [6, 6.07) is 24.3. The first kappa shape index (κ1) is 19.9. The number of amides is 1. The highest BCUT2D eigenvalue weighted by atomic mass is 16.2. The number of benzene rings is 3. The lowest BCUT2D eigenvalue weighted by Gasteiger charge is -2.32. The molecular weight excluding hydrogens is 408 g/mol. The average molecular weight is 435 g/mol. The molecule has 0 radical (unpaired) electrons. The summed E-state index contributed by atoms with van der Waals surface area (Å²) in [7, 11) is 0. The Morgan fingerprint density at radius 1 is 0.788 bits per heavy atom. The van der Waals surface area contributed by atoms with Gasteiger partial charge in [-0.05, 0) is 35.7 Å². The summed E-state index contributed by atoms with van der Waals surface area (Å²) in [6.07, 6.45) is 3.11. The van der Waals surface area contributed by atoms with Crippen molar-refractivity contribution in [3.05, 3.63) is 89.6 Å². The van der Waals surface area contributed by atoms with Crippen LogP contribution >= 0.6 is 0 Å². The van der Waals surface area contributed by atoms with Crippen LogP contribution in [-0.2, 0) is 13.0 Å². The molecule has 1 aromatic heterocycles. The fourth-order valence-corrected chi connectivity index (χ4v) is 4.98. The Kier molecular flexibility index (Phi) is 5.02. The zero-order chi connectivity index (χ0) is 22.2. The van der Waals surface area contributed by atoms with Gasteiger partial charge in [0.1, 0.15) is 5.82 Å². The Labute approximate surface area is 193 Å². The smallest absolute Gasteiger partial charge is 0.254 e. The molecule has 4 aromatic rings. The first-order valence-corrected chi connectivity index (χ1v) is 11.7. The molecule has 5 nitrogen and oxygen atoms in total. The first-order valence-electron chi connectivity index (χ1n) is 11.7. The number of carbonyl (C=O) groups is 1. The molecule has 0 unspecified atom stereocenters. The van der Waals surface area contributed by atoms with Crippen LogP contribution in [0.15, 0.2) is 72.8 Å². The summed E-state index contributed by atoms with van der Waals surface area (Å²) in [4.78, 5) is 27.7. The second kappa shape index (κ2) is 8.32. The average Bonchev–Trinajstić information content (AvgIpc) is 3.42. The van der Waals surface area contributed by atoms with Gasteiger partial charge in [-0.15, -0.1) is 0 Å². The van der Waals surface area contributed by atoms with Crippen molar-refractivity contribution < 1.29 is 4.79 Å². The lowest BCUT2D eigenvalue weighted by Crippen LogP contribution is -2.38. The molecule has 1 saturated heterocycles. The van der Waals surface area contributed by atoms with Gasteiger partial charge in [0.2, 0.25) is 0 Å². The van der Waals surface area contributed by atoms with E-state index in [4.69, 9.17) is 9.97 Å². The van der Waals surface area contributed by atoms with Gasteiger partial charge in [-0.3, -0.25) is 4.79 Å². The van der Waals surface area contributed by atoms with Gasteiger partial charge < -0.3 is 9.80 Å². The number of hydrogen-bond donors (Lipinski definition) is 0. The maximum absolute atomic E-state index is 13.4. The molecule has 2 aliphatic heterocycles. The maximum atomic E-state index is 13.4. The Morgan fingerprint density at radius 2 is 1.55 bits per heavy atom. The molecule has 1 fully saturated rings. The fraction of sp³-hybridized carbons (Fsp3) is 0.250. The largest absolute Gasteiger partial charge is 0.356 e. The van der Waals surface area contributed by atoms with E-state index in [0.717, 1.165) is 64.3 Å². The topological polar surface area (TPSA) is 49.3 Å². The van der Waals surface area contributed by atoms with E-state index in [1.807, 2.05) is 53.4 Å². The van der Waals surface area contributed by atoms with Crippen LogP contribution in [-0.4, -0.2) is 40.4 Å². The minimum absolute atomic E-state index is 0.0749. The van der Waals surface area contributed by atoms with E-state index in [1.165, 1.54) is 12.8 Å². The molecule has 6 rings (SSSR count). The summed E-state index contributed by atoms with van der Waals surface area (Å²) in [5.74, 6) is 1.86. The van der Waals surface area contributed by atoms with Crippen LogP contribution in [0, 0.1) is 0 Å². The van der Waals surface area contributed by atoms with Crippen molar-refractivity contribution >= 4 is 22.5 Å².